The highest BCUT2D eigenvalue weighted by Gasteiger charge is 2.17. The minimum atomic E-state index is 0.518. The zero-order valence-corrected chi connectivity index (χ0v) is 9.99. The van der Waals surface area contributed by atoms with Crippen molar-refractivity contribution in [2.75, 3.05) is 4.90 Å². The van der Waals surface area contributed by atoms with E-state index in [1.165, 1.54) is 0 Å². The molecule has 1 unspecified atom stereocenters. The van der Waals surface area contributed by atoms with Gasteiger partial charge in [0.05, 0.1) is 4.99 Å². The molecular formula is C14H15NS. The number of nitrogens with zero attached hydrogens (tertiary/aromatic N) is 1. The predicted octanol–water partition coefficient (Wildman–Crippen LogP) is 3.93. The highest BCUT2D eigenvalue weighted by Crippen LogP contribution is 2.24. The fraction of sp³-hybridized carbons (Fsp3) is 0.214. The number of hydrogen-bond donors (Lipinski definition) is 0. The van der Waals surface area contributed by atoms with Gasteiger partial charge in [0, 0.05) is 18.3 Å². The SMILES string of the molecule is C=CCC1C=CN(c2ccccc2)C(=S)C1. The molecule has 1 atom stereocenters. The third-order valence-electron chi connectivity index (χ3n) is 2.72. The number of allylic oxidation sites excluding steroid dienone is 2. The molecule has 0 N–H and O–H groups in total. The summed E-state index contributed by atoms with van der Waals surface area (Å²) in [5, 5.41) is 0. The number of anilines is 1. The van der Waals surface area contributed by atoms with Crippen molar-refractivity contribution < 1.29 is 0 Å². The van der Waals surface area contributed by atoms with Crippen LogP contribution in [0.15, 0.2) is 55.3 Å². The maximum Gasteiger partial charge on any atom is 0.0870 e. The number of benzene rings is 1. The second-order valence-electron chi connectivity index (χ2n) is 3.93. The van der Waals surface area contributed by atoms with E-state index in [1.807, 2.05) is 24.3 Å². The van der Waals surface area contributed by atoms with Crippen LogP contribution in [0.2, 0.25) is 0 Å². The third kappa shape index (κ3) is 2.39. The molecule has 1 aromatic rings. The normalized spacial score (nSPS) is 19.9. The molecule has 1 nitrogen and oxygen atoms in total. The first-order valence-corrected chi connectivity index (χ1v) is 5.88. The van der Waals surface area contributed by atoms with E-state index in [0.717, 1.165) is 23.5 Å². The summed E-state index contributed by atoms with van der Waals surface area (Å²) < 4.78 is 0. The standard InChI is InChI=1S/C14H15NS/c1-2-6-12-9-10-15(14(16)11-12)13-7-4-3-5-8-13/h2-5,7-10,12H,1,6,11H2. The van der Waals surface area contributed by atoms with Crippen molar-refractivity contribution in [2.24, 2.45) is 5.92 Å². The molecule has 1 aromatic carbocycles. The van der Waals surface area contributed by atoms with E-state index in [0.29, 0.717) is 5.92 Å². The first-order chi connectivity index (χ1) is 7.81. The van der Waals surface area contributed by atoms with Crippen molar-refractivity contribution in [1.82, 2.24) is 0 Å². The van der Waals surface area contributed by atoms with Crippen LogP contribution in [0.3, 0.4) is 0 Å². The highest BCUT2D eigenvalue weighted by molar-refractivity contribution is 7.80. The summed E-state index contributed by atoms with van der Waals surface area (Å²) >= 11 is 5.44. The van der Waals surface area contributed by atoms with Crippen LogP contribution >= 0.6 is 12.2 Å². The van der Waals surface area contributed by atoms with E-state index in [-0.39, 0.29) is 0 Å². The molecule has 0 saturated carbocycles. The zero-order valence-electron chi connectivity index (χ0n) is 9.17. The summed E-state index contributed by atoms with van der Waals surface area (Å²) in [6.07, 6.45) is 8.18. The molecule has 1 aliphatic heterocycles. The summed E-state index contributed by atoms with van der Waals surface area (Å²) in [6.45, 7) is 3.77. The van der Waals surface area contributed by atoms with Gasteiger partial charge in [0.25, 0.3) is 0 Å². The Morgan fingerprint density at radius 3 is 2.75 bits per heavy atom. The van der Waals surface area contributed by atoms with Gasteiger partial charge in [-0.25, -0.2) is 0 Å². The molecule has 1 heterocycles. The maximum absolute atomic E-state index is 5.44. The second-order valence-corrected chi connectivity index (χ2v) is 4.40. The number of hydrogen-bond acceptors (Lipinski definition) is 1. The molecule has 16 heavy (non-hydrogen) atoms. The van der Waals surface area contributed by atoms with Gasteiger partial charge in [0.1, 0.15) is 0 Å². The highest BCUT2D eigenvalue weighted by atomic mass is 32.1. The van der Waals surface area contributed by atoms with Crippen LogP contribution in [0.1, 0.15) is 12.8 Å². The molecule has 0 amide bonds. The van der Waals surface area contributed by atoms with Gasteiger partial charge >= 0.3 is 0 Å². The Morgan fingerprint density at radius 1 is 1.38 bits per heavy atom. The zero-order chi connectivity index (χ0) is 11.4. The topological polar surface area (TPSA) is 3.24 Å². The molecular weight excluding hydrogens is 214 g/mol. The molecule has 0 aliphatic carbocycles. The lowest BCUT2D eigenvalue weighted by molar-refractivity contribution is 0.683. The molecule has 0 radical (unpaired) electrons. The van der Waals surface area contributed by atoms with Gasteiger partial charge in [-0.1, -0.05) is 42.6 Å². The maximum atomic E-state index is 5.44. The molecule has 82 valence electrons. The van der Waals surface area contributed by atoms with E-state index >= 15 is 0 Å². The van der Waals surface area contributed by atoms with Crippen LogP contribution < -0.4 is 4.90 Å². The lowest BCUT2D eigenvalue weighted by Crippen LogP contribution is -2.28. The summed E-state index contributed by atoms with van der Waals surface area (Å²) in [5.74, 6) is 0.518. The van der Waals surface area contributed by atoms with Crippen molar-refractivity contribution >= 4 is 22.9 Å². The number of thiocarbonyl (C=S) groups is 1. The summed E-state index contributed by atoms with van der Waals surface area (Å²) in [7, 11) is 0. The van der Waals surface area contributed by atoms with Gasteiger partial charge in [-0.3, -0.25) is 0 Å². The van der Waals surface area contributed by atoms with Gasteiger partial charge in [-0.05, 0) is 24.5 Å². The van der Waals surface area contributed by atoms with Crippen LogP contribution in [0.4, 0.5) is 5.69 Å². The monoisotopic (exact) mass is 229 g/mol. The third-order valence-corrected chi connectivity index (χ3v) is 3.08. The fourth-order valence-corrected chi connectivity index (χ4v) is 2.26. The van der Waals surface area contributed by atoms with Crippen LogP contribution in [0, 0.1) is 5.92 Å². The fourth-order valence-electron chi connectivity index (χ4n) is 1.88. The van der Waals surface area contributed by atoms with Crippen molar-refractivity contribution in [3.63, 3.8) is 0 Å². The van der Waals surface area contributed by atoms with Crippen molar-refractivity contribution in [3.05, 3.63) is 55.3 Å². The van der Waals surface area contributed by atoms with Gasteiger partial charge in [0.15, 0.2) is 0 Å². The van der Waals surface area contributed by atoms with E-state index in [9.17, 15) is 0 Å². The Morgan fingerprint density at radius 2 is 2.12 bits per heavy atom. The van der Waals surface area contributed by atoms with Crippen molar-refractivity contribution in [2.45, 2.75) is 12.8 Å². The van der Waals surface area contributed by atoms with Crippen LogP contribution in [0.5, 0.6) is 0 Å². The number of rotatable bonds is 3. The minimum absolute atomic E-state index is 0.518. The quantitative estimate of drug-likeness (QED) is 0.570. The van der Waals surface area contributed by atoms with Crippen LogP contribution in [-0.4, -0.2) is 4.99 Å². The molecule has 0 fully saturated rings. The Balaban J connectivity index is 2.17. The van der Waals surface area contributed by atoms with Gasteiger partial charge in [-0.2, -0.15) is 0 Å². The average molecular weight is 229 g/mol. The molecule has 0 spiro atoms. The van der Waals surface area contributed by atoms with E-state index in [1.54, 1.807) is 0 Å². The lowest BCUT2D eigenvalue weighted by atomic mass is 9.98. The van der Waals surface area contributed by atoms with Crippen LogP contribution in [-0.2, 0) is 0 Å². The van der Waals surface area contributed by atoms with Gasteiger partial charge in [0.2, 0.25) is 0 Å². The van der Waals surface area contributed by atoms with E-state index in [4.69, 9.17) is 12.2 Å². The first-order valence-electron chi connectivity index (χ1n) is 5.47. The van der Waals surface area contributed by atoms with Crippen LogP contribution in [0.25, 0.3) is 0 Å². The average Bonchev–Trinajstić information content (AvgIpc) is 2.31. The Kier molecular flexibility index (Phi) is 3.52. The van der Waals surface area contributed by atoms with Crippen molar-refractivity contribution in [1.29, 1.82) is 0 Å². The second kappa shape index (κ2) is 5.08. The summed E-state index contributed by atoms with van der Waals surface area (Å²) in [6, 6.07) is 10.2. The Hall–Kier alpha value is -1.41. The van der Waals surface area contributed by atoms with E-state index < -0.39 is 0 Å². The first kappa shape index (κ1) is 11.1. The summed E-state index contributed by atoms with van der Waals surface area (Å²) in [5.41, 5.74) is 1.14. The summed E-state index contributed by atoms with van der Waals surface area (Å²) in [4.78, 5) is 3.06. The lowest BCUT2D eigenvalue weighted by Gasteiger charge is -2.28. The minimum Gasteiger partial charge on any atom is -0.312 e. The Labute approximate surface area is 102 Å². The predicted molar refractivity (Wildman–Crippen MR) is 73.6 cm³/mol. The smallest absolute Gasteiger partial charge is 0.0870 e. The molecule has 0 saturated heterocycles. The number of para-hydroxylation sites is 1. The Bertz CT molecular complexity index is 408. The van der Waals surface area contributed by atoms with E-state index in [2.05, 4.69) is 35.9 Å². The molecule has 2 rings (SSSR count). The largest absolute Gasteiger partial charge is 0.312 e. The molecule has 0 bridgehead atoms. The van der Waals surface area contributed by atoms with Gasteiger partial charge < -0.3 is 4.90 Å². The van der Waals surface area contributed by atoms with Crippen molar-refractivity contribution in [3.8, 4) is 0 Å². The molecule has 0 aromatic heterocycles. The molecule has 2 heteroatoms. The molecule has 1 aliphatic rings. The van der Waals surface area contributed by atoms with Gasteiger partial charge in [-0.15, -0.1) is 6.58 Å².